The Morgan fingerprint density at radius 1 is 1.40 bits per heavy atom. The first-order valence-corrected chi connectivity index (χ1v) is 7.53. The molecule has 0 unspecified atom stereocenters. The van der Waals surface area contributed by atoms with Crippen LogP contribution in [0.5, 0.6) is 0 Å². The van der Waals surface area contributed by atoms with Crippen molar-refractivity contribution in [2.45, 2.75) is 46.0 Å². The van der Waals surface area contributed by atoms with Gasteiger partial charge in [0.1, 0.15) is 5.82 Å². The number of carbonyl (C=O) groups is 1. The number of hydrogen-bond acceptors (Lipinski definition) is 4. The van der Waals surface area contributed by atoms with E-state index < -0.39 is 0 Å². The summed E-state index contributed by atoms with van der Waals surface area (Å²) in [7, 11) is 0. The minimum Gasteiger partial charge on any atom is -0.382 e. The Morgan fingerprint density at radius 2 is 2.10 bits per heavy atom. The van der Waals surface area contributed by atoms with Crippen LogP contribution in [0, 0.1) is 0 Å². The van der Waals surface area contributed by atoms with Crippen LogP contribution in [0.2, 0.25) is 0 Å². The van der Waals surface area contributed by atoms with E-state index in [1.54, 1.807) is 6.20 Å². The van der Waals surface area contributed by atoms with Crippen LogP contribution < -0.4 is 5.32 Å². The number of hydrogen-bond donors (Lipinski definition) is 1. The fraction of sp³-hybridized carbons (Fsp3) is 0.667. The molecule has 110 valence electrons. The monoisotopic (exact) mass is 276 g/mol. The fourth-order valence-corrected chi connectivity index (χ4v) is 2.30. The Kier molecular flexibility index (Phi) is 4.93. The van der Waals surface area contributed by atoms with E-state index in [1.807, 2.05) is 18.7 Å². The Hall–Kier alpha value is -1.65. The molecule has 1 aliphatic heterocycles. The second kappa shape index (κ2) is 6.68. The van der Waals surface area contributed by atoms with Gasteiger partial charge >= 0.3 is 0 Å². The lowest BCUT2D eigenvalue weighted by Gasteiger charge is -2.18. The molecule has 2 heterocycles. The highest BCUT2D eigenvalue weighted by Crippen LogP contribution is 2.20. The third kappa shape index (κ3) is 3.26. The van der Waals surface area contributed by atoms with Crippen molar-refractivity contribution in [3.05, 3.63) is 17.7 Å². The summed E-state index contributed by atoms with van der Waals surface area (Å²) in [6, 6.07) is 0. The molecule has 1 amide bonds. The molecule has 1 saturated heterocycles. The van der Waals surface area contributed by atoms with Crippen molar-refractivity contribution in [1.82, 2.24) is 14.9 Å². The van der Waals surface area contributed by atoms with Crippen molar-refractivity contribution in [3.63, 3.8) is 0 Å². The van der Waals surface area contributed by atoms with Crippen LogP contribution in [0.3, 0.4) is 0 Å². The van der Waals surface area contributed by atoms with E-state index in [9.17, 15) is 4.79 Å². The number of nitrogens with one attached hydrogen (secondary N) is 1. The average Bonchev–Trinajstić information content (AvgIpc) is 2.98. The zero-order valence-electron chi connectivity index (χ0n) is 12.6. The predicted molar refractivity (Wildman–Crippen MR) is 80.0 cm³/mol. The van der Waals surface area contributed by atoms with E-state index >= 15 is 0 Å². The molecule has 5 heteroatoms. The molecule has 20 heavy (non-hydrogen) atoms. The van der Waals surface area contributed by atoms with Gasteiger partial charge < -0.3 is 10.2 Å². The molecule has 0 atom stereocenters. The maximum Gasteiger partial charge on any atom is 0.274 e. The molecule has 1 aliphatic rings. The molecule has 1 fully saturated rings. The molecule has 0 aromatic carbocycles. The summed E-state index contributed by atoms with van der Waals surface area (Å²) in [5.74, 6) is 0.986. The first-order chi connectivity index (χ1) is 9.63. The highest BCUT2D eigenvalue weighted by atomic mass is 16.2. The number of carbonyl (C=O) groups excluding carboxylic acids is 1. The quantitative estimate of drug-likeness (QED) is 0.898. The molecule has 1 aromatic rings. The fourth-order valence-electron chi connectivity index (χ4n) is 2.30. The summed E-state index contributed by atoms with van der Waals surface area (Å²) >= 11 is 0. The molecule has 0 radical (unpaired) electrons. The van der Waals surface area contributed by atoms with Gasteiger partial charge in [0, 0.05) is 25.6 Å². The number of nitrogens with zero attached hydrogens (tertiary/aromatic N) is 3. The minimum atomic E-state index is 0.0328. The number of anilines is 1. The third-order valence-corrected chi connectivity index (χ3v) is 3.49. The Balaban J connectivity index is 2.29. The van der Waals surface area contributed by atoms with Gasteiger partial charge in [0.2, 0.25) is 0 Å². The van der Waals surface area contributed by atoms with Gasteiger partial charge in [0.25, 0.3) is 5.91 Å². The zero-order valence-corrected chi connectivity index (χ0v) is 12.6. The van der Waals surface area contributed by atoms with Crippen LogP contribution >= 0.6 is 0 Å². The van der Waals surface area contributed by atoms with Gasteiger partial charge in [0.15, 0.2) is 5.69 Å². The summed E-state index contributed by atoms with van der Waals surface area (Å²) in [6.07, 6.45) is 4.93. The smallest absolute Gasteiger partial charge is 0.274 e. The maximum atomic E-state index is 12.6. The van der Waals surface area contributed by atoms with Crippen LogP contribution in [-0.4, -0.2) is 40.4 Å². The van der Waals surface area contributed by atoms with Crippen molar-refractivity contribution in [2.24, 2.45) is 0 Å². The van der Waals surface area contributed by atoms with Crippen LogP contribution in [0.25, 0.3) is 0 Å². The standard InChI is InChI=1S/C15H24N4O/c1-4-7-16-12-10-17-14(11(2)3)18-13(12)15(20)19-8-5-6-9-19/h10-11,16H,4-9H2,1-3H3. The molecule has 0 spiro atoms. The maximum absolute atomic E-state index is 12.6. The molecule has 0 bridgehead atoms. The molecule has 0 saturated carbocycles. The minimum absolute atomic E-state index is 0.0328. The van der Waals surface area contributed by atoms with Crippen LogP contribution in [-0.2, 0) is 0 Å². The topological polar surface area (TPSA) is 58.1 Å². The second-order valence-electron chi connectivity index (χ2n) is 5.57. The summed E-state index contributed by atoms with van der Waals surface area (Å²) in [6.45, 7) is 8.68. The lowest BCUT2D eigenvalue weighted by Crippen LogP contribution is -2.30. The van der Waals surface area contributed by atoms with E-state index in [-0.39, 0.29) is 11.8 Å². The molecular weight excluding hydrogens is 252 g/mol. The lowest BCUT2D eigenvalue weighted by molar-refractivity contribution is 0.0787. The van der Waals surface area contributed by atoms with Crippen molar-refractivity contribution < 1.29 is 4.79 Å². The summed E-state index contributed by atoms with van der Waals surface area (Å²) in [5.41, 5.74) is 1.28. The van der Waals surface area contributed by atoms with Gasteiger partial charge in [-0.2, -0.15) is 0 Å². The summed E-state index contributed by atoms with van der Waals surface area (Å²) in [4.78, 5) is 23.4. The van der Waals surface area contributed by atoms with Crippen molar-refractivity contribution >= 4 is 11.6 Å². The van der Waals surface area contributed by atoms with Gasteiger partial charge in [0.05, 0.1) is 11.9 Å². The van der Waals surface area contributed by atoms with E-state index in [1.165, 1.54) is 0 Å². The first kappa shape index (κ1) is 14.8. The van der Waals surface area contributed by atoms with E-state index in [0.29, 0.717) is 5.69 Å². The zero-order chi connectivity index (χ0) is 14.5. The van der Waals surface area contributed by atoms with Gasteiger partial charge in [-0.25, -0.2) is 9.97 Å². The Morgan fingerprint density at radius 3 is 2.70 bits per heavy atom. The lowest BCUT2D eigenvalue weighted by atomic mass is 10.2. The van der Waals surface area contributed by atoms with Gasteiger partial charge in [-0.15, -0.1) is 0 Å². The number of rotatable bonds is 5. The van der Waals surface area contributed by atoms with E-state index in [2.05, 4.69) is 22.2 Å². The first-order valence-electron chi connectivity index (χ1n) is 7.53. The van der Waals surface area contributed by atoms with E-state index in [4.69, 9.17) is 0 Å². The number of likely N-dealkylation sites (tertiary alicyclic amines) is 1. The molecule has 1 N–H and O–H groups in total. The molecule has 2 rings (SSSR count). The number of amides is 1. The highest BCUT2D eigenvalue weighted by molar-refractivity contribution is 5.97. The van der Waals surface area contributed by atoms with Gasteiger partial charge in [-0.1, -0.05) is 20.8 Å². The van der Waals surface area contributed by atoms with Crippen LogP contribution in [0.4, 0.5) is 5.69 Å². The van der Waals surface area contributed by atoms with Crippen LogP contribution in [0.15, 0.2) is 6.20 Å². The van der Waals surface area contributed by atoms with Crippen molar-refractivity contribution in [3.8, 4) is 0 Å². The van der Waals surface area contributed by atoms with Gasteiger partial charge in [-0.05, 0) is 19.3 Å². The third-order valence-electron chi connectivity index (χ3n) is 3.49. The predicted octanol–water partition coefficient (Wildman–Crippen LogP) is 2.66. The molecular formula is C15H24N4O. The van der Waals surface area contributed by atoms with E-state index in [0.717, 1.165) is 50.4 Å². The van der Waals surface area contributed by atoms with Crippen molar-refractivity contribution in [1.29, 1.82) is 0 Å². The largest absolute Gasteiger partial charge is 0.382 e. The normalized spacial score (nSPS) is 14.9. The summed E-state index contributed by atoms with van der Waals surface area (Å²) in [5, 5.41) is 3.26. The Labute approximate surface area is 120 Å². The number of aromatic nitrogens is 2. The van der Waals surface area contributed by atoms with Crippen LogP contribution in [0.1, 0.15) is 62.3 Å². The molecule has 0 aliphatic carbocycles. The summed E-state index contributed by atoms with van der Waals surface area (Å²) < 4.78 is 0. The molecule has 5 nitrogen and oxygen atoms in total. The van der Waals surface area contributed by atoms with Crippen molar-refractivity contribution in [2.75, 3.05) is 25.0 Å². The highest BCUT2D eigenvalue weighted by Gasteiger charge is 2.24. The Bertz CT molecular complexity index is 467. The SMILES string of the molecule is CCCNc1cnc(C(C)C)nc1C(=O)N1CCCC1. The molecule has 1 aromatic heterocycles. The average molecular weight is 276 g/mol. The second-order valence-corrected chi connectivity index (χ2v) is 5.57. The van der Waals surface area contributed by atoms with Gasteiger partial charge in [-0.3, -0.25) is 4.79 Å².